The van der Waals surface area contributed by atoms with Gasteiger partial charge in [0.2, 0.25) is 0 Å². The van der Waals surface area contributed by atoms with E-state index in [4.69, 9.17) is 0 Å². The van der Waals surface area contributed by atoms with Crippen molar-refractivity contribution in [1.82, 2.24) is 4.98 Å². The second-order valence-corrected chi connectivity index (χ2v) is 6.86. The maximum atomic E-state index is 12.4. The topological polar surface area (TPSA) is 30.0 Å². The zero-order valence-corrected chi connectivity index (χ0v) is 11.7. The summed E-state index contributed by atoms with van der Waals surface area (Å²) < 4.78 is 37.3. The number of thiazole rings is 1. The fourth-order valence-corrected chi connectivity index (χ4v) is 3.18. The molecule has 0 unspecified atom stereocenters. The van der Waals surface area contributed by atoms with Gasteiger partial charge >= 0.3 is 6.18 Å². The fraction of sp³-hybridized carbons (Fsp3) is 0.692. The molecule has 0 aliphatic heterocycles. The Labute approximate surface area is 114 Å². The Bertz CT molecular complexity index is 468. The van der Waals surface area contributed by atoms with Gasteiger partial charge in [0.05, 0.1) is 4.88 Å². The van der Waals surface area contributed by atoms with Crippen molar-refractivity contribution in [1.29, 1.82) is 0 Å². The molecule has 1 saturated carbocycles. The summed E-state index contributed by atoms with van der Waals surface area (Å²) in [6, 6.07) is 0. The minimum Gasteiger partial charge on any atom is -0.293 e. The van der Waals surface area contributed by atoms with Gasteiger partial charge in [-0.2, -0.15) is 13.2 Å². The number of halogens is 3. The minimum atomic E-state index is -4.46. The molecule has 106 valence electrons. The highest BCUT2D eigenvalue weighted by Gasteiger charge is 2.37. The van der Waals surface area contributed by atoms with Crippen molar-refractivity contribution in [2.45, 2.75) is 45.7 Å². The molecule has 0 bridgehead atoms. The first-order chi connectivity index (χ1) is 8.69. The minimum absolute atomic E-state index is 0.136. The first kappa shape index (κ1) is 14.5. The number of hydrogen-bond acceptors (Lipinski definition) is 3. The van der Waals surface area contributed by atoms with Gasteiger partial charge in [0.1, 0.15) is 0 Å². The van der Waals surface area contributed by atoms with Gasteiger partial charge in [-0.05, 0) is 31.1 Å². The summed E-state index contributed by atoms with van der Waals surface area (Å²) >= 11 is 0.456. The first-order valence-electron chi connectivity index (χ1n) is 6.26. The van der Waals surface area contributed by atoms with Crippen molar-refractivity contribution in [3.63, 3.8) is 0 Å². The van der Waals surface area contributed by atoms with E-state index in [0.717, 1.165) is 31.9 Å². The normalized spacial score (nSPS) is 20.5. The third-order valence-electron chi connectivity index (χ3n) is 3.70. The standard InChI is InChI=1S/C13H16F3NOS/c1-12(2)5-3-8(4-6-12)10(18)9-7-17-11(19-9)13(14,15)16/h7-8H,3-6H2,1-2H3. The Hall–Kier alpha value is -0.910. The second-order valence-electron chi connectivity index (χ2n) is 5.83. The largest absolute Gasteiger partial charge is 0.443 e. The van der Waals surface area contributed by atoms with E-state index in [1.165, 1.54) is 0 Å². The van der Waals surface area contributed by atoms with Crippen LogP contribution < -0.4 is 0 Å². The van der Waals surface area contributed by atoms with Crippen molar-refractivity contribution in [2.24, 2.45) is 11.3 Å². The molecule has 19 heavy (non-hydrogen) atoms. The zero-order valence-electron chi connectivity index (χ0n) is 10.9. The van der Waals surface area contributed by atoms with Crippen molar-refractivity contribution in [2.75, 3.05) is 0 Å². The maximum absolute atomic E-state index is 12.4. The molecule has 0 radical (unpaired) electrons. The third kappa shape index (κ3) is 3.35. The summed E-state index contributed by atoms with van der Waals surface area (Å²) in [7, 11) is 0. The summed E-state index contributed by atoms with van der Waals surface area (Å²) in [6.07, 6.45) is -0.00777. The molecule has 1 aliphatic carbocycles. The predicted octanol–water partition coefficient (Wildman–Crippen LogP) is 4.56. The number of ketones is 1. The van der Waals surface area contributed by atoms with Gasteiger partial charge in [-0.25, -0.2) is 4.98 Å². The maximum Gasteiger partial charge on any atom is 0.443 e. The van der Waals surface area contributed by atoms with Crippen LogP contribution in [0.5, 0.6) is 0 Å². The fourth-order valence-electron chi connectivity index (χ4n) is 2.38. The summed E-state index contributed by atoms with van der Waals surface area (Å²) in [5.74, 6) is -0.321. The van der Waals surface area contributed by atoms with Crippen molar-refractivity contribution in [3.05, 3.63) is 16.1 Å². The summed E-state index contributed by atoms with van der Waals surface area (Å²) in [4.78, 5) is 15.6. The third-order valence-corrected chi connectivity index (χ3v) is 4.76. The van der Waals surface area contributed by atoms with Gasteiger partial charge in [0, 0.05) is 12.1 Å². The Morgan fingerprint density at radius 2 is 1.95 bits per heavy atom. The van der Waals surface area contributed by atoms with Crippen LogP contribution in [0, 0.1) is 11.3 Å². The van der Waals surface area contributed by atoms with Crippen LogP contribution in [0.4, 0.5) is 13.2 Å². The van der Waals surface area contributed by atoms with Gasteiger partial charge in [-0.1, -0.05) is 13.8 Å². The molecule has 0 atom stereocenters. The number of nitrogens with zero attached hydrogens (tertiary/aromatic N) is 1. The molecule has 1 heterocycles. The quantitative estimate of drug-likeness (QED) is 0.748. The predicted molar refractivity (Wildman–Crippen MR) is 67.2 cm³/mol. The molecule has 1 aromatic heterocycles. The van der Waals surface area contributed by atoms with Crippen LogP contribution in [0.2, 0.25) is 0 Å². The molecule has 0 amide bonds. The number of alkyl halides is 3. The van der Waals surface area contributed by atoms with Gasteiger partial charge in [-0.3, -0.25) is 4.79 Å². The average Bonchev–Trinajstić information content (AvgIpc) is 2.77. The Morgan fingerprint density at radius 3 is 2.42 bits per heavy atom. The van der Waals surface area contributed by atoms with Crippen molar-refractivity contribution in [3.8, 4) is 0 Å². The van der Waals surface area contributed by atoms with Gasteiger partial charge in [0.15, 0.2) is 10.8 Å². The summed E-state index contributed by atoms with van der Waals surface area (Å²) in [5.41, 5.74) is 0.238. The molecule has 0 spiro atoms. The molecule has 2 rings (SSSR count). The molecule has 1 aromatic rings. The van der Waals surface area contributed by atoms with Gasteiger partial charge < -0.3 is 0 Å². The van der Waals surface area contributed by atoms with Crippen LogP contribution in [-0.2, 0) is 6.18 Å². The van der Waals surface area contributed by atoms with E-state index in [1.54, 1.807) is 0 Å². The van der Waals surface area contributed by atoms with E-state index < -0.39 is 11.2 Å². The molecule has 1 aliphatic rings. The van der Waals surface area contributed by atoms with Crippen molar-refractivity contribution >= 4 is 17.1 Å². The zero-order chi connectivity index (χ0) is 14.3. The lowest BCUT2D eigenvalue weighted by Crippen LogP contribution is -2.25. The molecular weight excluding hydrogens is 275 g/mol. The van der Waals surface area contributed by atoms with Gasteiger partial charge in [0.25, 0.3) is 0 Å². The summed E-state index contributed by atoms with van der Waals surface area (Å²) in [6.45, 7) is 4.31. The molecule has 2 nitrogen and oxygen atoms in total. The molecular formula is C13H16F3NOS. The van der Waals surface area contributed by atoms with Crippen LogP contribution in [0.25, 0.3) is 0 Å². The van der Waals surface area contributed by atoms with E-state index in [1.807, 2.05) is 0 Å². The van der Waals surface area contributed by atoms with E-state index in [9.17, 15) is 18.0 Å². The number of hydrogen-bond donors (Lipinski definition) is 0. The van der Waals surface area contributed by atoms with E-state index >= 15 is 0 Å². The molecule has 0 N–H and O–H groups in total. The molecule has 1 fully saturated rings. The van der Waals surface area contributed by atoms with Gasteiger partial charge in [-0.15, -0.1) is 11.3 Å². The lowest BCUT2D eigenvalue weighted by Gasteiger charge is -2.33. The Morgan fingerprint density at radius 1 is 1.37 bits per heavy atom. The highest BCUT2D eigenvalue weighted by atomic mass is 32.1. The average molecular weight is 291 g/mol. The SMILES string of the molecule is CC1(C)CCC(C(=O)c2cnc(C(F)(F)F)s2)CC1. The van der Waals surface area contributed by atoms with Crippen LogP contribution in [-0.4, -0.2) is 10.8 Å². The number of aromatic nitrogens is 1. The van der Waals surface area contributed by atoms with E-state index in [-0.39, 0.29) is 22.0 Å². The molecule has 0 saturated heterocycles. The van der Waals surface area contributed by atoms with Crippen LogP contribution in [0.15, 0.2) is 6.20 Å². The lowest BCUT2D eigenvalue weighted by atomic mass is 9.72. The highest BCUT2D eigenvalue weighted by molar-refractivity contribution is 7.13. The van der Waals surface area contributed by atoms with Crippen LogP contribution >= 0.6 is 11.3 Å². The monoisotopic (exact) mass is 291 g/mol. The highest BCUT2D eigenvalue weighted by Crippen LogP contribution is 2.40. The summed E-state index contributed by atoms with van der Waals surface area (Å²) in [5, 5.41) is -0.938. The molecule has 0 aromatic carbocycles. The van der Waals surface area contributed by atoms with Crippen LogP contribution in [0.3, 0.4) is 0 Å². The number of rotatable bonds is 2. The number of carbonyl (C=O) groups excluding carboxylic acids is 1. The Kier molecular flexibility index (Phi) is 3.73. The first-order valence-corrected chi connectivity index (χ1v) is 7.08. The second kappa shape index (κ2) is 4.89. The lowest BCUT2D eigenvalue weighted by molar-refractivity contribution is -0.137. The van der Waals surface area contributed by atoms with E-state index in [0.29, 0.717) is 11.3 Å². The number of carbonyl (C=O) groups is 1. The molecule has 6 heteroatoms. The number of Topliss-reactive ketones (excluding diaryl/α,β-unsaturated/α-hetero) is 1. The van der Waals surface area contributed by atoms with Crippen molar-refractivity contribution < 1.29 is 18.0 Å². The van der Waals surface area contributed by atoms with E-state index in [2.05, 4.69) is 18.8 Å². The van der Waals surface area contributed by atoms with Crippen LogP contribution in [0.1, 0.15) is 54.2 Å². The smallest absolute Gasteiger partial charge is 0.293 e. The Balaban J connectivity index is 2.07.